The van der Waals surface area contributed by atoms with Gasteiger partial charge in [0.25, 0.3) is 0 Å². The van der Waals surface area contributed by atoms with Crippen LogP contribution in [0.25, 0.3) is 0 Å². The molecule has 1 aromatic heterocycles. The highest BCUT2D eigenvalue weighted by Crippen LogP contribution is 2.12. The first kappa shape index (κ1) is 7.75. The second kappa shape index (κ2) is 3.73. The molecule has 56 valence electrons. The van der Waals surface area contributed by atoms with Gasteiger partial charge in [-0.05, 0) is 22.9 Å². The molecule has 1 rings (SSSR count). The van der Waals surface area contributed by atoms with Crippen LogP contribution in [0.4, 0.5) is 0 Å². The van der Waals surface area contributed by atoms with E-state index in [1.165, 1.54) is 0 Å². The maximum absolute atomic E-state index is 5.16. The van der Waals surface area contributed by atoms with Gasteiger partial charge < -0.3 is 4.74 Å². The number of H-pyrrole nitrogens is 1. The average molecular weight is 205 g/mol. The molecule has 3 nitrogen and oxygen atoms in total. The smallest absolute Gasteiger partial charge is 0.0893 e. The molecule has 0 unspecified atom stereocenters. The second-order valence-corrected chi connectivity index (χ2v) is 2.69. The molecule has 4 heteroatoms. The van der Waals surface area contributed by atoms with Crippen molar-refractivity contribution in [2.24, 2.45) is 0 Å². The number of halogens is 1. The number of rotatable bonds is 3. The Morgan fingerprint density at radius 2 is 2.60 bits per heavy atom. The van der Waals surface area contributed by atoms with Gasteiger partial charge in [-0.1, -0.05) is 0 Å². The van der Waals surface area contributed by atoms with E-state index in [0.29, 0.717) is 6.61 Å². The fraction of sp³-hybridized carbons (Fsp3) is 0.500. The molecule has 0 amide bonds. The molecule has 1 N–H and O–H groups in total. The number of nitrogens with one attached hydrogen (secondary N) is 1. The second-order valence-electron chi connectivity index (χ2n) is 1.83. The molecule has 0 aliphatic heterocycles. The summed E-state index contributed by atoms with van der Waals surface area (Å²) in [4.78, 5) is 0. The Labute approximate surface area is 67.9 Å². The van der Waals surface area contributed by atoms with Crippen LogP contribution in [0.3, 0.4) is 0 Å². The lowest BCUT2D eigenvalue weighted by Crippen LogP contribution is -1.92. The van der Waals surface area contributed by atoms with Crippen LogP contribution < -0.4 is 0 Å². The highest BCUT2D eigenvalue weighted by molar-refractivity contribution is 9.10. The van der Waals surface area contributed by atoms with E-state index in [4.69, 9.17) is 4.74 Å². The molecule has 0 saturated carbocycles. The predicted octanol–water partition coefficient (Wildman–Crippen LogP) is 1.71. The van der Waals surface area contributed by atoms with Gasteiger partial charge in [0.15, 0.2) is 0 Å². The highest BCUT2D eigenvalue weighted by atomic mass is 79.9. The fourth-order valence-corrected chi connectivity index (χ4v) is 0.909. The third-order valence-electron chi connectivity index (χ3n) is 1.12. The summed E-state index contributed by atoms with van der Waals surface area (Å²) in [5.74, 6) is 0. The summed E-state index contributed by atoms with van der Waals surface area (Å²) in [5, 5.41) is 6.64. The number of hydrogen-bond donors (Lipinski definition) is 1. The molecule has 0 radical (unpaired) electrons. The summed E-state index contributed by atoms with van der Waals surface area (Å²) < 4.78 is 6.13. The van der Waals surface area contributed by atoms with Gasteiger partial charge in [0.2, 0.25) is 0 Å². The molecular weight excluding hydrogens is 196 g/mol. The topological polar surface area (TPSA) is 37.9 Å². The lowest BCUT2D eigenvalue weighted by atomic mass is 10.5. The Morgan fingerprint density at radius 1 is 1.80 bits per heavy atom. The van der Waals surface area contributed by atoms with E-state index in [-0.39, 0.29) is 0 Å². The van der Waals surface area contributed by atoms with Crippen LogP contribution in [0.1, 0.15) is 12.6 Å². The number of aromatic nitrogens is 2. The van der Waals surface area contributed by atoms with Crippen molar-refractivity contribution < 1.29 is 4.74 Å². The van der Waals surface area contributed by atoms with Gasteiger partial charge in [-0.25, -0.2) is 0 Å². The van der Waals surface area contributed by atoms with Crippen LogP contribution in [-0.2, 0) is 11.3 Å². The Kier molecular flexibility index (Phi) is 2.89. The molecule has 0 spiro atoms. The van der Waals surface area contributed by atoms with Crippen LogP contribution in [0.2, 0.25) is 0 Å². The number of hydrogen-bond acceptors (Lipinski definition) is 2. The third kappa shape index (κ3) is 1.82. The van der Waals surface area contributed by atoms with Crippen LogP contribution in [-0.4, -0.2) is 16.8 Å². The molecule has 0 aromatic carbocycles. The molecule has 10 heavy (non-hydrogen) atoms. The number of nitrogens with zero attached hydrogens (tertiary/aromatic N) is 1. The Balaban J connectivity index is 2.49. The van der Waals surface area contributed by atoms with Crippen LogP contribution in [0.15, 0.2) is 10.7 Å². The molecule has 1 aromatic rings. The van der Waals surface area contributed by atoms with Gasteiger partial charge >= 0.3 is 0 Å². The molecule has 0 saturated heterocycles. The monoisotopic (exact) mass is 204 g/mol. The Hall–Kier alpha value is -0.350. The van der Waals surface area contributed by atoms with Crippen molar-refractivity contribution in [2.45, 2.75) is 13.5 Å². The summed E-state index contributed by atoms with van der Waals surface area (Å²) in [6, 6.07) is 0. The van der Waals surface area contributed by atoms with Gasteiger partial charge in [0, 0.05) is 6.61 Å². The van der Waals surface area contributed by atoms with E-state index in [2.05, 4.69) is 26.1 Å². The third-order valence-corrected chi connectivity index (χ3v) is 1.80. The molecular formula is C6H9BrN2O. The quantitative estimate of drug-likeness (QED) is 0.815. The van der Waals surface area contributed by atoms with Crippen LogP contribution in [0.5, 0.6) is 0 Å². The average Bonchev–Trinajstić information content (AvgIpc) is 2.31. The van der Waals surface area contributed by atoms with Gasteiger partial charge in [0.1, 0.15) is 0 Å². The van der Waals surface area contributed by atoms with E-state index >= 15 is 0 Å². The van der Waals surface area contributed by atoms with Crippen molar-refractivity contribution in [2.75, 3.05) is 6.61 Å². The van der Waals surface area contributed by atoms with Crippen molar-refractivity contribution >= 4 is 15.9 Å². The van der Waals surface area contributed by atoms with Crippen molar-refractivity contribution in [3.05, 3.63) is 16.4 Å². The molecule has 0 bridgehead atoms. The predicted molar refractivity (Wildman–Crippen MR) is 41.6 cm³/mol. The van der Waals surface area contributed by atoms with Crippen LogP contribution >= 0.6 is 15.9 Å². The first-order valence-corrected chi connectivity index (χ1v) is 3.89. The zero-order chi connectivity index (χ0) is 7.40. The minimum atomic E-state index is 0.594. The maximum Gasteiger partial charge on any atom is 0.0893 e. The molecule has 0 atom stereocenters. The summed E-state index contributed by atoms with van der Waals surface area (Å²) in [6.45, 7) is 3.28. The Morgan fingerprint density at radius 3 is 3.10 bits per heavy atom. The van der Waals surface area contributed by atoms with Gasteiger partial charge in [-0.2, -0.15) is 5.10 Å². The van der Waals surface area contributed by atoms with Crippen molar-refractivity contribution in [3.8, 4) is 0 Å². The SMILES string of the molecule is CCOCc1[nH]ncc1Br. The zero-order valence-electron chi connectivity index (χ0n) is 5.72. The van der Waals surface area contributed by atoms with Gasteiger partial charge in [0.05, 0.1) is 23.0 Å². The summed E-state index contributed by atoms with van der Waals surface area (Å²) in [5.41, 5.74) is 0.988. The van der Waals surface area contributed by atoms with E-state index in [9.17, 15) is 0 Å². The van der Waals surface area contributed by atoms with Crippen molar-refractivity contribution in [1.29, 1.82) is 0 Å². The standard InChI is InChI=1S/C6H9BrN2O/c1-2-10-4-6-5(7)3-8-9-6/h3H,2,4H2,1H3,(H,8,9). The zero-order valence-corrected chi connectivity index (χ0v) is 7.31. The van der Waals surface area contributed by atoms with E-state index in [1.54, 1.807) is 6.20 Å². The van der Waals surface area contributed by atoms with E-state index in [0.717, 1.165) is 16.8 Å². The van der Waals surface area contributed by atoms with E-state index in [1.807, 2.05) is 6.92 Å². The first-order valence-electron chi connectivity index (χ1n) is 3.10. The van der Waals surface area contributed by atoms with Crippen LogP contribution in [0, 0.1) is 0 Å². The normalized spacial score (nSPS) is 10.2. The lowest BCUT2D eigenvalue weighted by Gasteiger charge is -1.96. The van der Waals surface area contributed by atoms with Gasteiger partial charge in [-0.3, -0.25) is 5.10 Å². The number of aromatic amines is 1. The summed E-state index contributed by atoms with van der Waals surface area (Å²) in [6.07, 6.45) is 1.72. The minimum Gasteiger partial charge on any atom is -0.375 e. The molecule has 0 aliphatic rings. The summed E-state index contributed by atoms with van der Waals surface area (Å²) in [7, 11) is 0. The number of ether oxygens (including phenoxy) is 1. The molecule has 0 fully saturated rings. The van der Waals surface area contributed by atoms with Gasteiger partial charge in [-0.15, -0.1) is 0 Å². The largest absolute Gasteiger partial charge is 0.375 e. The first-order chi connectivity index (χ1) is 4.84. The lowest BCUT2D eigenvalue weighted by molar-refractivity contribution is 0.131. The fourth-order valence-electron chi connectivity index (χ4n) is 0.604. The maximum atomic E-state index is 5.16. The highest BCUT2D eigenvalue weighted by Gasteiger charge is 1.99. The van der Waals surface area contributed by atoms with E-state index < -0.39 is 0 Å². The molecule has 1 heterocycles. The van der Waals surface area contributed by atoms with Crippen molar-refractivity contribution in [1.82, 2.24) is 10.2 Å². The molecule has 0 aliphatic carbocycles. The van der Waals surface area contributed by atoms with Crippen molar-refractivity contribution in [3.63, 3.8) is 0 Å². The minimum absolute atomic E-state index is 0.594. The summed E-state index contributed by atoms with van der Waals surface area (Å²) >= 11 is 3.32. The Bertz CT molecular complexity index is 199.